The average Bonchev–Trinajstić information content (AvgIpc) is 2.00. The monoisotopic (exact) mass is 188 g/mol. The molecule has 0 aliphatic heterocycles. The summed E-state index contributed by atoms with van der Waals surface area (Å²) in [6.45, 7) is 4.00. The van der Waals surface area contributed by atoms with Gasteiger partial charge < -0.3 is 15.8 Å². The topological polar surface area (TPSA) is 81.4 Å². The summed E-state index contributed by atoms with van der Waals surface area (Å²) in [6, 6.07) is -0.0955. The van der Waals surface area contributed by atoms with E-state index in [1.165, 1.54) is 0 Å². The zero-order chi connectivity index (χ0) is 10.3. The van der Waals surface area contributed by atoms with Gasteiger partial charge in [0.25, 0.3) is 0 Å². The number of primary amides is 1. The molecule has 0 heterocycles. The molecule has 1 unspecified atom stereocenters. The molecule has 0 rings (SSSR count). The first-order valence-corrected chi connectivity index (χ1v) is 4.23. The lowest BCUT2D eigenvalue weighted by molar-refractivity contribution is -0.142. The molecule has 0 saturated heterocycles. The minimum atomic E-state index is -0.385. The summed E-state index contributed by atoms with van der Waals surface area (Å²) in [5.41, 5.74) is 4.96. The van der Waals surface area contributed by atoms with Crippen molar-refractivity contribution in [2.75, 3.05) is 13.2 Å². The minimum Gasteiger partial charge on any atom is -0.465 e. The highest BCUT2D eigenvalue weighted by atomic mass is 16.5. The standard InChI is InChI=1S/C8H16N2O3/c1-3-13-8(12)5-10-6(2)4-7(9)11/h6,10H,3-5H2,1-2H3,(H2,9,11). The Morgan fingerprint density at radius 2 is 2.15 bits per heavy atom. The lowest BCUT2D eigenvalue weighted by Gasteiger charge is -2.10. The van der Waals surface area contributed by atoms with Crippen molar-refractivity contribution in [1.82, 2.24) is 5.32 Å². The van der Waals surface area contributed by atoms with Gasteiger partial charge in [-0.3, -0.25) is 9.59 Å². The number of nitrogens with two attached hydrogens (primary N) is 1. The Kier molecular flexibility index (Phi) is 5.88. The number of hydrogen-bond donors (Lipinski definition) is 2. The van der Waals surface area contributed by atoms with Crippen LogP contribution < -0.4 is 11.1 Å². The van der Waals surface area contributed by atoms with E-state index in [-0.39, 0.29) is 30.9 Å². The van der Waals surface area contributed by atoms with Crippen LogP contribution >= 0.6 is 0 Å². The van der Waals surface area contributed by atoms with Crippen LogP contribution in [0, 0.1) is 0 Å². The summed E-state index contributed by atoms with van der Waals surface area (Å²) >= 11 is 0. The van der Waals surface area contributed by atoms with Crippen molar-refractivity contribution in [3.63, 3.8) is 0 Å². The fourth-order valence-electron chi connectivity index (χ4n) is 0.844. The number of amides is 1. The highest BCUT2D eigenvalue weighted by Gasteiger charge is 2.07. The van der Waals surface area contributed by atoms with E-state index in [0.717, 1.165) is 0 Å². The summed E-state index contributed by atoms with van der Waals surface area (Å²) in [4.78, 5) is 21.3. The van der Waals surface area contributed by atoms with Crippen LogP contribution in [0.5, 0.6) is 0 Å². The number of carbonyl (C=O) groups excluding carboxylic acids is 2. The van der Waals surface area contributed by atoms with Gasteiger partial charge in [0.05, 0.1) is 13.2 Å². The van der Waals surface area contributed by atoms with Crippen molar-refractivity contribution < 1.29 is 14.3 Å². The number of nitrogens with one attached hydrogen (secondary N) is 1. The van der Waals surface area contributed by atoms with Gasteiger partial charge in [-0.1, -0.05) is 0 Å². The fraction of sp³-hybridized carbons (Fsp3) is 0.750. The largest absolute Gasteiger partial charge is 0.465 e. The molecular weight excluding hydrogens is 172 g/mol. The molecule has 0 saturated carbocycles. The van der Waals surface area contributed by atoms with Gasteiger partial charge in [0, 0.05) is 12.5 Å². The zero-order valence-electron chi connectivity index (χ0n) is 8.00. The Bertz CT molecular complexity index is 182. The van der Waals surface area contributed by atoms with E-state index in [9.17, 15) is 9.59 Å². The van der Waals surface area contributed by atoms with Crippen LogP contribution in [0.3, 0.4) is 0 Å². The lowest BCUT2D eigenvalue weighted by atomic mass is 10.2. The Hall–Kier alpha value is -1.10. The normalized spacial score (nSPS) is 12.2. The molecular formula is C8H16N2O3. The second-order valence-electron chi connectivity index (χ2n) is 2.76. The van der Waals surface area contributed by atoms with Gasteiger partial charge in [-0.05, 0) is 13.8 Å². The summed E-state index contributed by atoms with van der Waals surface area (Å²) < 4.78 is 4.68. The molecule has 0 radical (unpaired) electrons. The molecule has 5 nitrogen and oxygen atoms in total. The van der Waals surface area contributed by atoms with Crippen molar-refractivity contribution in [3.05, 3.63) is 0 Å². The molecule has 0 aliphatic rings. The van der Waals surface area contributed by atoms with Gasteiger partial charge in [-0.15, -0.1) is 0 Å². The quantitative estimate of drug-likeness (QED) is 0.545. The molecule has 13 heavy (non-hydrogen) atoms. The van der Waals surface area contributed by atoms with E-state index in [1.807, 2.05) is 0 Å². The van der Waals surface area contributed by atoms with E-state index >= 15 is 0 Å². The van der Waals surface area contributed by atoms with Crippen LogP contribution in [-0.4, -0.2) is 31.1 Å². The summed E-state index contributed by atoms with van der Waals surface area (Å²) in [7, 11) is 0. The summed E-state index contributed by atoms with van der Waals surface area (Å²) in [6.07, 6.45) is 0.222. The molecule has 1 atom stereocenters. The minimum absolute atomic E-state index is 0.0955. The van der Waals surface area contributed by atoms with Crippen LogP contribution in [0.1, 0.15) is 20.3 Å². The highest BCUT2D eigenvalue weighted by molar-refractivity contribution is 5.75. The third-order valence-corrected chi connectivity index (χ3v) is 1.41. The Morgan fingerprint density at radius 3 is 2.62 bits per heavy atom. The van der Waals surface area contributed by atoms with E-state index in [0.29, 0.717) is 6.61 Å². The van der Waals surface area contributed by atoms with E-state index in [2.05, 4.69) is 10.1 Å². The van der Waals surface area contributed by atoms with Crippen LogP contribution in [0.15, 0.2) is 0 Å². The SMILES string of the molecule is CCOC(=O)CNC(C)CC(N)=O. The van der Waals surface area contributed by atoms with Gasteiger partial charge in [-0.2, -0.15) is 0 Å². The molecule has 76 valence electrons. The van der Waals surface area contributed by atoms with Gasteiger partial charge in [0.2, 0.25) is 5.91 Å². The maximum atomic E-state index is 10.8. The third kappa shape index (κ3) is 7.27. The Labute approximate surface area is 77.6 Å². The van der Waals surface area contributed by atoms with Crippen molar-refractivity contribution in [1.29, 1.82) is 0 Å². The third-order valence-electron chi connectivity index (χ3n) is 1.41. The summed E-state index contributed by atoms with van der Waals surface area (Å²) in [5.74, 6) is -0.706. The molecule has 5 heteroatoms. The maximum absolute atomic E-state index is 10.8. The molecule has 0 aromatic carbocycles. The molecule has 0 aromatic heterocycles. The number of carbonyl (C=O) groups is 2. The molecule has 0 fully saturated rings. The van der Waals surface area contributed by atoms with Gasteiger partial charge in [0.1, 0.15) is 0 Å². The van der Waals surface area contributed by atoms with Gasteiger partial charge in [0.15, 0.2) is 0 Å². The predicted octanol–water partition coefficient (Wildman–Crippen LogP) is -0.597. The first-order valence-electron chi connectivity index (χ1n) is 4.23. The summed E-state index contributed by atoms with van der Waals surface area (Å²) in [5, 5.41) is 2.82. The van der Waals surface area contributed by atoms with E-state index in [1.54, 1.807) is 13.8 Å². The molecule has 0 bridgehead atoms. The van der Waals surface area contributed by atoms with E-state index in [4.69, 9.17) is 5.73 Å². The Morgan fingerprint density at radius 1 is 1.54 bits per heavy atom. The number of hydrogen-bond acceptors (Lipinski definition) is 4. The number of esters is 1. The lowest BCUT2D eigenvalue weighted by Crippen LogP contribution is -2.35. The first-order chi connectivity index (χ1) is 6.06. The first kappa shape index (κ1) is 11.9. The highest BCUT2D eigenvalue weighted by Crippen LogP contribution is 1.88. The molecule has 3 N–H and O–H groups in total. The molecule has 0 aromatic rings. The second kappa shape index (κ2) is 6.42. The van der Waals surface area contributed by atoms with E-state index < -0.39 is 0 Å². The van der Waals surface area contributed by atoms with Crippen LogP contribution in [-0.2, 0) is 14.3 Å². The van der Waals surface area contributed by atoms with Crippen molar-refractivity contribution in [3.8, 4) is 0 Å². The van der Waals surface area contributed by atoms with Crippen molar-refractivity contribution in [2.45, 2.75) is 26.3 Å². The van der Waals surface area contributed by atoms with Gasteiger partial charge in [-0.25, -0.2) is 0 Å². The number of rotatable bonds is 6. The van der Waals surface area contributed by atoms with Gasteiger partial charge >= 0.3 is 5.97 Å². The predicted molar refractivity (Wildman–Crippen MR) is 47.9 cm³/mol. The fourth-order valence-corrected chi connectivity index (χ4v) is 0.844. The second-order valence-corrected chi connectivity index (χ2v) is 2.76. The zero-order valence-corrected chi connectivity index (χ0v) is 8.00. The Balaban J connectivity index is 3.51. The smallest absolute Gasteiger partial charge is 0.319 e. The number of ether oxygens (including phenoxy) is 1. The van der Waals surface area contributed by atoms with Crippen LogP contribution in [0.4, 0.5) is 0 Å². The maximum Gasteiger partial charge on any atom is 0.319 e. The van der Waals surface area contributed by atoms with Crippen LogP contribution in [0.25, 0.3) is 0 Å². The van der Waals surface area contributed by atoms with Crippen molar-refractivity contribution >= 4 is 11.9 Å². The molecule has 0 aliphatic carbocycles. The van der Waals surface area contributed by atoms with Crippen molar-refractivity contribution in [2.24, 2.45) is 5.73 Å². The molecule has 0 spiro atoms. The average molecular weight is 188 g/mol. The van der Waals surface area contributed by atoms with Crippen LogP contribution in [0.2, 0.25) is 0 Å². The molecule has 1 amide bonds.